The number of nitrogens with zero attached hydrogens (tertiary/aromatic N) is 1. The highest BCUT2D eigenvalue weighted by Crippen LogP contribution is 2.39. The summed E-state index contributed by atoms with van der Waals surface area (Å²) in [6.45, 7) is 2.06. The van der Waals surface area contributed by atoms with E-state index in [0.717, 1.165) is 36.1 Å². The first kappa shape index (κ1) is 24.2. The molecule has 0 bridgehead atoms. The maximum atomic E-state index is 13.1. The number of ether oxygens (including phenoxy) is 2. The van der Waals surface area contributed by atoms with Crippen LogP contribution < -0.4 is 10.2 Å². The Labute approximate surface area is 190 Å². The van der Waals surface area contributed by atoms with Crippen LogP contribution >= 0.6 is 0 Å². The summed E-state index contributed by atoms with van der Waals surface area (Å²) in [5.74, 6) is 0.539. The predicted octanol–water partition coefficient (Wildman–Crippen LogP) is 4.00. The number of sulfonamides is 1. The third-order valence-electron chi connectivity index (χ3n) is 6.17. The van der Waals surface area contributed by atoms with Crippen molar-refractivity contribution in [3.8, 4) is 16.9 Å². The van der Waals surface area contributed by atoms with Crippen LogP contribution in [-0.4, -0.2) is 46.1 Å². The number of methoxy groups -OCH3 is 2. The molecule has 0 spiro atoms. The summed E-state index contributed by atoms with van der Waals surface area (Å²) < 4.78 is 37.4. The molecule has 3 rings (SSSR count). The molecule has 1 aliphatic rings. The molecule has 0 aliphatic heterocycles. The number of hydrogen-bond donors (Lipinski definition) is 1. The lowest BCUT2D eigenvalue weighted by Crippen LogP contribution is -2.49. The Kier molecular flexibility index (Phi) is 7.59. The molecule has 7 nitrogen and oxygen atoms in total. The van der Waals surface area contributed by atoms with Gasteiger partial charge in [-0.05, 0) is 60.1 Å². The average Bonchev–Trinajstić information content (AvgIpc) is 2.79. The van der Waals surface area contributed by atoms with Gasteiger partial charge in [-0.2, -0.15) is 0 Å². The lowest BCUT2D eigenvalue weighted by atomic mass is 9.71. The minimum atomic E-state index is -3.70. The van der Waals surface area contributed by atoms with E-state index in [9.17, 15) is 13.2 Å². The summed E-state index contributed by atoms with van der Waals surface area (Å²) >= 11 is 0. The minimum absolute atomic E-state index is 0.0308. The second-order valence-electron chi connectivity index (χ2n) is 8.71. The second-order valence-corrected chi connectivity index (χ2v) is 10.7. The smallest absolute Gasteiger partial charge is 0.306 e. The van der Waals surface area contributed by atoms with Gasteiger partial charge in [0, 0.05) is 13.1 Å². The van der Waals surface area contributed by atoms with Crippen molar-refractivity contribution in [2.45, 2.75) is 50.0 Å². The topological polar surface area (TPSA) is 84.9 Å². The van der Waals surface area contributed by atoms with Crippen molar-refractivity contribution in [2.24, 2.45) is 5.41 Å². The molecule has 0 amide bonds. The van der Waals surface area contributed by atoms with E-state index in [4.69, 9.17) is 9.47 Å². The van der Waals surface area contributed by atoms with Gasteiger partial charge in [-0.1, -0.05) is 37.6 Å². The van der Waals surface area contributed by atoms with Gasteiger partial charge in [0.05, 0.1) is 25.5 Å². The van der Waals surface area contributed by atoms with E-state index < -0.39 is 10.0 Å². The van der Waals surface area contributed by atoms with Gasteiger partial charge < -0.3 is 9.47 Å². The number of benzene rings is 2. The number of rotatable bonds is 8. The maximum Gasteiger partial charge on any atom is 0.306 e. The van der Waals surface area contributed by atoms with Crippen LogP contribution in [-0.2, 0) is 19.6 Å². The summed E-state index contributed by atoms with van der Waals surface area (Å²) in [5, 5.41) is 0. The molecule has 32 heavy (non-hydrogen) atoms. The van der Waals surface area contributed by atoms with E-state index in [1.165, 1.54) is 18.6 Å². The fourth-order valence-corrected chi connectivity index (χ4v) is 5.44. The molecule has 2 aromatic carbocycles. The van der Waals surface area contributed by atoms with E-state index in [2.05, 4.69) is 12.3 Å². The standard InChI is InChI=1S/C24H32N2O5S/c1-24(17-23(27)31-4)15-5-6-20(16-24)25-26(2)32(28,29)22-13-9-19(10-14-22)18-7-11-21(30-3)12-8-18/h7-14,20,25H,5-6,15-17H2,1-4H3. The first-order chi connectivity index (χ1) is 15.2. The molecule has 0 saturated heterocycles. The molecule has 0 aromatic heterocycles. The van der Waals surface area contributed by atoms with Crippen molar-refractivity contribution >= 4 is 16.0 Å². The van der Waals surface area contributed by atoms with Crippen LogP contribution in [0.5, 0.6) is 5.75 Å². The van der Waals surface area contributed by atoms with Crippen LogP contribution in [0.1, 0.15) is 39.0 Å². The zero-order valence-electron chi connectivity index (χ0n) is 19.1. The zero-order chi connectivity index (χ0) is 23.4. The van der Waals surface area contributed by atoms with Crippen molar-refractivity contribution in [3.63, 3.8) is 0 Å². The van der Waals surface area contributed by atoms with Gasteiger partial charge in [0.1, 0.15) is 5.75 Å². The quantitative estimate of drug-likeness (QED) is 0.473. The Morgan fingerprint density at radius 3 is 2.25 bits per heavy atom. The van der Waals surface area contributed by atoms with Crippen molar-refractivity contribution in [2.75, 3.05) is 21.3 Å². The molecule has 2 unspecified atom stereocenters. The SMILES string of the molecule is COC(=O)CC1(C)CCCC(NN(C)S(=O)(=O)c2ccc(-c3ccc(OC)cc3)cc2)C1. The summed E-state index contributed by atoms with van der Waals surface area (Å²) in [6.07, 6.45) is 3.75. The van der Waals surface area contributed by atoms with Gasteiger partial charge in [-0.15, -0.1) is 4.41 Å². The van der Waals surface area contributed by atoms with Crippen LogP contribution in [0.2, 0.25) is 0 Å². The van der Waals surface area contributed by atoms with Crippen molar-refractivity contribution in [3.05, 3.63) is 48.5 Å². The van der Waals surface area contributed by atoms with Crippen LogP contribution in [0.4, 0.5) is 0 Å². The van der Waals surface area contributed by atoms with Gasteiger partial charge in [0.25, 0.3) is 10.0 Å². The van der Waals surface area contributed by atoms with Crippen molar-refractivity contribution in [1.29, 1.82) is 0 Å². The first-order valence-electron chi connectivity index (χ1n) is 10.7. The van der Waals surface area contributed by atoms with E-state index in [1.807, 2.05) is 24.3 Å². The van der Waals surface area contributed by atoms with E-state index in [-0.39, 0.29) is 22.3 Å². The van der Waals surface area contributed by atoms with Crippen LogP contribution in [0.3, 0.4) is 0 Å². The van der Waals surface area contributed by atoms with Gasteiger partial charge in [0.2, 0.25) is 0 Å². The zero-order valence-corrected chi connectivity index (χ0v) is 19.9. The Morgan fingerprint density at radius 1 is 1.09 bits per heavy atom. The van der Waals surface area contributed by atoms with Gasteiger partial charge in [0.15, 0.2) is 0 Å². The number of esters is 1. The molecule has 2 atom stereocenters. The fourth-order valence-electron chi connectivity index (χ4n) is 4.35. The second kappa shape index (κ2) is 10.0. The highest BCUT2D eigenvalue weighted by atomic mass is 32.2. The molecular formula is C24H32N2O5S. The molecule has 1 fully saturated rings. The van der Waals surface area contributed by atoms with Gasteiger partial charge >= 0.3 is 5.97 Å². The first-order valence-corrected chi connectivity index (χ1v) is 12.2. The Bertz CT molecular complexity index is 1020. The van der Waals surface area contributed by atoms with E-state index in [1.54, 1.807) is 31.4 Å². The number of nitrogens with one attached hydrogen (secondary N) is 1. The predicted molar refractivity (Wildman–Crippen MR) is 124 cm³/mol. The molecule has 2 aromatic rings. The maximum absolute atomic E-state index is 13.1. The monoisotopic (exact) mass is 460 g/mol. The minimum Gasteiger partial charge on any atom is -0.497 e. The third-order valence-corrected chi connectivity index (χ3v) is 7.87. The molecule has 8 heteroatoms. The number of hydrazine groups is 1. The van der Waals surface area contributed by atoms with Crippen molar-refractivity contribution in [1.82, 2.24) is 9.84 Å². The Hall–Kier alpha value is -2.42. The normalized spacial score (nSPS) is 21.3. The highest BCUT2D eigenvalue weighted by molar-refractivity contribution is 7.89. The fraction of sp³-hybridized carbons (Fsp3) is 0.458. The van der Waals surface area contributed by atoms with E-state index in [0.29, 0.717) is 12.8 Å². The van der Waals surface area contributed by atoms with Crippen LogP contribution in [0, 0.1) is 5.41 Å². The molecule has 0 heterocycles. The lowest BCUT2D eigenvalue weighted by molar-refractivity contribution is -0.143. The molecular weight excluding hydrogens is 428 g/mol. The molecule has 1 saturated carbocycles. The van der Waals surface area contributed by atoms with Crippen LogP contribution in [0.15, 0.2) is 53.4 Å². The molecule has 174 valence electrons. The summed E-state index contributed by atoms with van der Waals surface area (Å²) in [5.41, 5.74) is 4.85. The molecule has 0 radical (unpaired) electrons. The van der Waals surface area contributed by atoms with Crippen LogP contribution in [0.25, 0.3) is 11.1 Å². The average molecular weight is 461 g/mol. The van der Waals surface area contributed by atoms with Crippen molar-refractivity contribution < 1.29 is 22.7 Å². The highest BCUT2D eigenvalue weighted by Gasteiger charge is 2.36. The summed E-state index contributed by atoms with van der Waals surface area (Å²) in [4.78, 5) is 12.0. The number of hydrogen-bond acceptors (Lipinski definition) is 6. The third kappa shape index (κ3) is 5.68. The van der Waals surface area contributed by atoms with Gasteiger partial charge in [-0.3, -0.25) is 4.79 Å². The Balaban J connectivity index is 1.68. The lowest BCUT2D eigenvalue weighted by Gasteiger charge is -2.39. The van der Waals surface area contributed by atoms with E-state index >= 15 is 0 Å². The number of carbonyl (C=O) groups is 1. The largest absolute Gasteiger partial charge is 0.497 e. The summed E-state index contributed by atoms with van der Waals surface area (Å²) in [6, 6.07) is 14.4. The number of carbonyl (C=O) groups excluding carboxylic acids is 1. The van der Waals surface area contributed by atoms with Gasteiger partial charge in [-0.25, -0.2) is 13.8 Å². The molecule has 1 N–H and O–H groups in total. The Morgan fingerprint density at radius 2 is 1.69 bits per heavy atom. The summed E-state index contributed by atoms with van der Waals surface area (Å²) in [7, 11) is 0.835. The molecule has 1 aliphatic carbocycles.